The molecule has 1 saturated heterocycles. The summed E-state index contributed by atoms with van der Waals surface area (Å²) >= 11 is 0. The van der Waals surface area contributed by atoms with Crippen LogP contribution in [0.4, 0.5) is 4.79 Å². The molecule has 0 saturated carbocycles. The van der Waals surface area contributed by atoms with Gasteiger partial charge < -0.3 is 9.64 Å². The van der Waals surface area contributed by atoms with Crippen molar-refractivity contribution in [3.63, 3.8) is 0 Å². The lowest BCUT2D eigenvalue weighted by atomic mass is 9.80. The van der Waals surface area contributed by atoms with Crippen LogP contribution in [-0.4, -0.2) is 17.5 Å². The number of hydrogen-bond acceptors (Lipinski definition) is 2. The van der Waals surface area contributed by atoms with Gasteiger partial charge in [-0.1, -0.05) is 61.5 Å². The Labute approximate surface area is 130 Å². The van der Waals surface area contributed by atoms with Crippen LogP contribution in [0.2, 0.25) is 0 Å². The highest BCUT2D eigenvalue weighted by molar-refractivity contribution is 5.70. The van der Waals surface area contributed by atoms with E-state index in [0.717, 1.165) is 18.5 Å². The van der Waals surface area contributed by atoms with E-state index in [1.165, 1.54) is 11.1 Å². The van der Waals surface area contributed by atoms with Crippen LogP contribution in [0.25, 0.3) is 0 Å². The van der Waals surface area contributed by atoms with Gasteiger partial charge in [0.15, 0.2) is 0 Å². The molecule has 3 atom stereocenters. The average Bonchev–Trinajstić information content (AvgIpc) is 2.58. The van der Waals surface area contributed by atoms with Gasteiger partial charge in [-0.15, -0.1) is 0 Å². The molecular weight excluding hydrogens is 274 g/mol. The Morgan fingerprint density at radius 1 is 1.05 bits per heavy atom. The van der Waals surface area contributed by atoms with E-state index in [0.29, 0.717) is 0 Å². The third-order valence-electron chi connectivity index (χ3n) is 4.90. The zero-order valence-corrected chi connectivity index (χ0v) is 12.6. The smallest absolute Gasteiger partial charge is 0.410 e. The standard InChI is InChI=1S/C19H19NO2/c1-13-17-16-10-6-5-7-14(16)11-12-20(17)19(21)22-18(13)15-8-3-2-4-9-15/h2-10,13,17-18H,11-12H2,1H3/t13-,17+,18-/m0/s1. The lowest BCUT2D eigenvalue weighted by molar-refractivity contribution is -0.0437. The Kier molecular flexibility index (Phi) is 3.14. The Morgan fingerprint density at radius 2 is 1.77 bits per heavy atom. The fraction of sp³-hybridized carbons (Fsp3) is 0.316. The topological polar surface area (TPSA) is 29.5 Å². The first kappa shape index (κ1) is 13.4. The molecule has 0 radical (unpaired) electrons. The largest absolute Gasteiger partial charge is 0.441 e. The van der Waals surface area contributed by atoms with Crippen LogP contribution in [0.15, 0.2) is 54.6 Å². The van der Waals surface area contributed by atoms with E-state index >= 15 is 0 Å². The van der Waals surface area contributed by atoms with Crippen molar-refractivity contribution in [2.75, 3.05) is 6.54 Å². The summed E-state index contributed by atoms with van der Waals surface area (Å²) in [5.74, 6) is 0.224. The third kappa shape index (κ3) is 2.00. The van der Waals surface area contributed by atoms with Crippen LogP contribution < -0.4 is 0 Å². The predicted octanol–water partition coefficient (Wildman–Crippen LogP) is 4.11. The fourth-order valence-electron chi connectivity index (χ4n) is 3.83. The SMILES string of the molecule is C[C@@H]1[C@@H](c2ccccc2)OC(=O)N2CCc3ccccc3[C@@H]12. The van der Waals surface area contributed by atoms with E-state index in [1.54, 1.807) is 0 Å². The molecular formula is C19H19NO2. The van der Waals surface area contributed by atoms with E-state index < -0.39 is 0 Å². The first-order valence-corrected chi connectivity index (χ1v) is 7.85. The van der Waals surface area contributed by atoms with Crippen LogP contribution in [-0.2, 0) is 11.2 Å². The van der Waals surface area contributed by atoms with Crippen molar-refractivity contribution in [2.24, 2.45) is 5.92 Å². The second-order valence-corrected chi connectivity index (χ2v) is 6.16. The summed E-state index contributed by atoms with van der Waals surface area (Å²) in [5, 5.41) is 0. The number of carbonyl (C=O) groups excluding carboxylic acids is 1. The molecule has 0 spiro atoms. The number of hydrogen-bond donors (Lipinski definition) is 0. The molecule has 0 bridgehead atoms. The Hall–Kier alpha value is -2.29. The number of rotatable bonds is 1. The Balaban J connectivity index is 1.76. The van der Waals surface area contributed by atoms with Gasteiger partial charge in [-0.2, -0.15) is 0 Å². The minimum absolute atomic E-state index is 0.108. The summed E-state index contributed by atoms with van der Waals surface area (Å²) in [6.45, 7) is 2.93. The van der Waals surface area contributed by atoms with Gasteiger partial charge in [0.25, 0.3) is 0 Å². The molecule has 4 rings (SSSR count). The van der Waals surface area contributed by atoms with Crippen molar-refractivity contribution in [2.45, 2.75) is 25.5 Å². The maximum absolute atomic E-state index is 12.5. The zero-order chi connectivity index (χ0) is 15.1. The van der Waals surface area contributed by atoms with E-state index in [1.807, 2.05) is 35.2 Å². The van der Waals surface area contributed by atoms with Gasteiger partial charge in [0.05, 0.1) is 6.04 Å². The summed E-state index contributed by atoms with van der Waals surface area (Å²) < 4.78 is 5.76. The first-order valence-electron chi connectivity index (χ1n) is 7.85. The lowest BCUT2D eigenvalue weighted by Gasteiger charge is -2.46. The van der Waals surface area contributed by atoms with Gasteiger partial charge in [-0.25, -0.2) is 4.79 Å². The molecule has 2 aromatic carbocycles. The average molecular weight is 293 g/mol. The second-order valence-electron chi connectivity index (χ2n) is 6.16. The third-order valence-corrected chi connectivity index (χ3v) is 4.90. The van der Waals surface area contributed by atoms with Crippen molar-refractivity contribution < 1.29 is 9.53 Å². The highest BCUT2D eigenvalue weighted by atomic mass is 16.6. The molecule has 2 aliphatic rings. The molecule has 0 N–H and O–H groups in total. The quantitative estimate of drug-likeness (QED) is 0.791. The summed E-state index contributed by atoms with van der Waals surface area (Å²) in [6, 6.07) is 18.6. The number of amides is 1. The summed E-state index contributed by atoms with van der Waals surface area (Å²) in [4.78, 5) is 14.4. The van der Waals surface area contributed by atoms with E-state index in [4.69, 9.17) is 4.74 Å². The molecule has 22 heavy (non-hydrogen) atoms. The maximum Gasteiger partial charge on any atom is 0.410 e. The number of cyclic esters (lactones) is 1. The molecule has 2 heterocycles. The highest BCUT2D eigenvalue weighted by Gasteiger charge is 2.44. The first-order chi connectivity index (χ1) is 10.8. The van der Waals surface area contributed by atoms with Gasteiger partial charge in [-0.3, -0.25) is 0 Å². The maximum atomic E-state index is 12.5. The molecule has 2 aromatic rings. The molecule has 112 valence electrons. The second kappa shape index (κ2) is 5.16. The van der Waals surface area contributed by atoms with E-state index in [9.17, 15) is 4.79 Å². The zero-order valence-electron chi connectivity index (χ0n) is 12.6. The number of benzene rings is 2. The molecule has 2 aliphatic heterocycles. The van der Waals surface area contributed by atoms with E-state index in [2.05, 4.69) is 31.2 Å². The van der Waals surface area contributed by atoms with Crippen molar-refractivity contribution in [3.05, 3.63) is 71.3 Å². The van der Waals surface area contributed by atoms with Crippen LogP contribution in [0.1, 0.15) is 35.8 Å². The van der Waals surface area contributed by atoms with Crippen LogP contribution in [0.5, 0.6) is 0 Å². The van der Waals surface area contributed by atoms with Gasteiger partial charge in [0.1, 0.15) is 6.10 Å². The van der Waals surface area contributed by atoms with Gasteiger partial charge in [0.2, 0.25) is 0 Å². The predicted molar refractivity (Wildman–Crippen MR) is 84.4 cm³/mol. The minimum atomic E-state index is -0.188. The number of fused-ring (bicyclic) bond motifs is 3. The molecule has 1 fully saturated rings. The summed E-state index contributed by atoms with van der Waals surface area (Å²) in [6.07, 6.45) is 0.539. The van der Waals surface area contributed by atoms with Gasteiger partial charge >= 0.3 is 6.09 Å². The van der Waals surface area contributed by atoms with E-state index in [-0.39, 0.29) is 24.2 Å². The van der Waals surface area contributed by atoms with Crippen molar-refractivity contribution in [1.82, 2.24) is 4.90 Å². The molecule has 0 aliphatic carbocycles. The minimum Gasteiger partial charge on any atom is -0.441 e. The number of nitrogens with zero attached hydrogens (tertiary/aromatic N) is 1. The number of carbonyl (C=O) groups is 1. The van der Waals surface area contributed by atoms with Crippen molar-refractivity contribution in [1.29, 1.82) is 0 Å². The molecule has 1 amide bonds. The lowest BCUT2D eigenvalue weighted by Crippen LogP contribution is -2.49. The summed E-state index contributed by atoms with van der Waals surface area (Å²) in [5.41, 5.74) is 3.71. The normalized spacial score (nSPS) is 26.9. The molecule has 0 aromatic heterocycles. The van der Waals surface area contributed by atoms with Crippen LogP contribution in [0, 0.1) is 5.92 Å². The number of ether oxygens (including phenoxy) is 1. The Bertz CT molecular complexity index is 698. The van der Waals surface area contributed by atoms with Gasteiger partial charge in [0, 0.05) is 12.5 Å². The highest BCUT2D eigenvalue weighted by Crippen LogP contribution is 2.46. The van der Waals surface area contributed by atoms with Crippen molar-refractivity contribution >= 4 is 6.09 Å². The molecule has 0 unspecified atom stereocenters. The van der Waals surface area contributed by atoms with Gasteiger partial charge in [-0.05, 0) is 23.1 Å². The van der Waals surface area contributed by atoms with Crippen molar-refractivity contribution in [3.8, 4) is 0 Å². The fourth-order valence-corrected chi connectivity index (χ4v) is 3.83. The molecule has 3 nitrogen and oxygen atoms in total. The summed E-state index contributed by atoms with van der Waals surface area (Å²) in [7, 11) is 0. The van der Waals surface area contributed by atoms with Crippen LogP contribution in [0.3, 0.4) is 0 Å². The monoisotopic (exact) mass is 293 g/mol. The Morgan fingerprint density at radius 3 is 2.59 bits per heavy atom. The molecule has 3 heteroatoms. The van der Waals surface area contributed by atoms with Crippen LogP contribution >= 0.6 is 0 Å².